The van der Waals surface area contributed by atoms with Crippen LogP contribution in [0.25, 0.3) is 0 Å². The van der Waals surface area contributed by atoms with Gasteiger partial charge in [0.05, 0.1) is 6.20 Å². The molecule has 1 aromatic heterocycles. The second-order valence-electron chi connectivity index (χ2n) is 3.85. The molecule has 1 aliphatic rings. The number of thiazole rings is 1. The fourth-order valence-corrected chi connectivity index (χ4v) is 2.66. The molecule has 0 spiro atoms. The van der Waals surface area contributed by atoms with Crippen molar-refractivity contribution >= 4 is 22.9 Å². The normalized spacial score (nSPS) is 12.9. The first-order valence-electron chi connectivity index (χ1n) is 5.51. The Balaban J connectivity index is 1.57. The number of ether oxygens (including phenoxy) is 2. The summed E-state index contributed by atoms with van der Waals surface area (Å²) in [5.74, 6) is 1.62. The minimum absolute atomic E-state index is 0.309. The molecular formula is C12H11ClN2O2S. The van der Waals surface area contributed by atoms with Gasteiger partial charge in [-0.15, -0.1) is 11.3 Å². The summed E-state index contributed by atoms with van der Waals surface area (Å²) in [5, 5.41) is 4.30. The average molecular weight is 283 g/mol. The lowest BCUT2D eigenvalue weighted by Gasteiger charge is -2.04. The van der Waals surface area contributed by atoms with Crippen molar-refractivity contribution in [3.05, 3.63) is 39.3 Å². The molecule has 0 unspecified atom stereocenters. The first-order valence-corrected chi connectivity index (χ1v) is 6.70. The van der Waals surface area contributed by atoms with Gasteiger partial charge in [-0.25, -0.2) is 4.98 Å². The third kappa shape index (κ3) is 2.58. The number of fused-ring (bicyclic) bond motifs is 1. The summed E-state index contributed by atoms with van der Waals surface area (Å²) in [5.41, 5.74) is 1.15. The molecule has 0 saturated carbocycles. The van der Waals surface area contributed by atoms with E-state index in [1.807, 2.05) is 18.2 Å². The maximum atomic E-state index is 5.82. The van der Waals surface area contributed by atoms with Gasteiger partial charge >= 0.3 is 0 Å². The van der Waals surface area contributed by atoms with Gasteiger partial charge in [-0.2, -0.15) is 0 Å². The molecule has 0 bridgehead atoms. The third-order valence-corrected chi connectivity index (χ3v) is 3.68. The lowest BCUT2D eigenvalue weighted by atomic mass is 10.2. The van der Waals surface area contributed by atoms with Crippen LogP contribution in [0.15, 0.2) is 24.4 Å². The van der Waals surface area contributed by atoms with Crippen molar-refractivity contribution in [1.29, 1.82) is 0 Å². The molecule has 4 nitrogen and oxygen atoms in total. The number of aromatic nitrogens is 1. The van der Waals surface area contributed by atoms with E-state index in [9.17, 15) is 0 Å². The smallest absolute Gasteiger partial charge is 0.231 e. The Hall–Kier alpha value is -1.30. The van der Waals surface area contributed by atoms with Gasteiger partial charge in [-0.3, -0.25) is 0 Å². The standard InChI is InChI=1S/C12H11ClN2O2S/c13-11-5-15-12(18-11)6-14-4-8-1-2-9-10(3-8)17-7-16-9/h1-3,5,14H,4,6-7H2. The predicted molar refractivity (Wildman–Crippen MR) is 70.2 cm³/mol. The number of rotatable bonds is 4. The van der Waals surface area contributed by atoms with E-state index < -0.39 is 0 Å². The van der Waals surface area contributed by atoms with Crippen molar-refractivity contribution in [2.24, 2.45) is 0 Å². The highest BCUT2D eigenvalue weighted by Gasteiger charge is 2.12. The Morgan fingerprint density at radius 3 is 3.00 bits per heavy atom. The van der Waals surface area contributed by atoms with E-state index in [1.54, 1.807) is 6.20 Å². The van der Waals surface area contributed by atoms with Crippen molar-refractivity contribution in [3.8, 4) is 11.5 Å². The molecule has 94 valence electrons. The molecule has 1 aromatic carbocycles. The van der Waals surface area contributed by atoms with E-state index in [1.165, 1.54) is 11.3 Å². The molecular weight excluding hydrogens is 272 g/mol. The first-order chi connectivity index (χ1) is 8.81. The molecule has 0 saturated heterocycles. The van der Waals surface area contributed by atoms with E-state index in [-0.39, 0.29) is 0 Å². The fraction of sp³-hybridized carbons (Fsp3) is 0.250. The van der Waals surface area contributed by atoms with E-state index in [4.69, 9.17) is 21.1 Å². The summed E-state index contributed by atoms with van der Waals surface area (Å²) < 4.78 is 11.3. The van der Waals surface area contributed by atoms with Crippen molar-refractivity contribution in [1.82, 2.24) is 10.3 Å². The SMILES string of the molecule is Clc1cnc(CNCc2ccc3c(c2)OCO3)s1. The van der Waals surface area contributed by atoms with Crippen LogP contribution in [-0.4, -0.2) is 11.8 Å². The zero-order valence-electron chi connectivity index (χ0n) is 9.48. The van der Waals surface area contributed by atoms with Crippen molar-refractivity contribution in [2.45, 2.75) is 13.1 Å². The molecule has 1 N–H and O–H groups in total. The van der Waals surface area contributed by atoms with Crippen LogP contribution in [0.3, 0.4) is 0 Å². The van der Waals surface area contributed by atoms with Crippen LogP contribution in [-0.2, 0) is 13.1 Å². The van der Waals surface area contributed by atoms with Gasteiger partial charge in [0.2, 0.25) is 6.79 Å². The Kier molecular flexibility index (Phi) is 3.36. The minimum atomic E-state index is 0.309. The van der Waals surface area contributed by atoms with Crippen LogP contribution >= 0.6 is 22.9 Å². The van der Waals surface area contributed by atoms with Crippen molar-refractivity contribution < 1.29 is 9.47 Å². The second kappa shape index (κ2) is 5.14. The summed E-state index contributed by atoms with van der Waals surface area (Å²) in [6, 6.07) is 5.94. The Labute approximate surface area is 114 Å². The number of nitrogens with zero attached hydrogens (tertiary/aromatic N) is 1. The van der Waals surface area contributed by atoms with Gasteiger partial charge < -0.3 is 14.8 Å². The Bertz CT molecular complexity index is 559. The maximum absolute atomic E-state index is 5.82. The van der Waals surface area contributed by atoms with Crippen LogP contribution in [0.4, 0.5) is 0 Å². The minimum Gasteiger partial charge on any atom is -0.454 e. The molecule has 18 heavy (non-hydrogen) atoms. The highest BCUT2D eigenvalue weighted by Crippen LogP contribution is 2.32. The summed E-state index contributed by atoms with van der Waals surface area (Å²) in [6.45, 7) is 1.78. The first kappa shape index (κ1) is 11.8. The quantitative estimate of drug-likeness (QED) is 0.936. The topological polar surface area (TPSA) is 43.4 Å². The van der Waals surface area contributed by atoms with Gasteiger partial charge in [0.15, 0.2) is 11.5 Å². The summed E-state index contributed by atoms with van der Waals surface area (Å²) in [7, 11) is 0. The van der Waals surface area contributed by atoms with Gasteiger partial charge in [0.1, 0.15) is 9.34 Å². The molecule has 1 aliphatic heterocycles. The maximum Gasteiger partial charge on any atom is 0.231 e. The third-order valence-electron chi connectivity index (χ3n) is 2.57. The number of hydrogen-bond acceptors (Lipinski definition) is 5. The zero-order valence-corrected chi connectivity index (χ0v) is 11.1. The fourth-order valence-electron chi connectivity index (χ4n) is 1.73. The predicted octanol–water partition coefficient (Wildman–Crippen LogP) is 2.82. The number of benzene rings is 1. The lowest BCUT2D eigenvalue weighted by molar-refractivity contribution is 0.174. The molecule has 0 aliphatic carbocycles. The molecule has 2 aromatic rings. The number of halogens is 1. The molecule has 0 fully saturated rings. The van der Waals surface area contributed by atoms with Crippen LogP contribution in [0.5, 0.6) is 11.5 Å². The second-order valence-corrected chi connectivity index (χ2v) is 5.60. The Morgan fingerprint density at radius 2 is 2.17 bits per heavy atom. The molecule has 3 rings (SSSR count). The monoisotopic (exact) mass is 282 g/mol. The van der Waals surface area contributed by atoms with E-state index in [0.717, 1.165) is 33.0 Å². The van der Waals surface area contributed by atoms with Gasteiger partial charge in [-0.05, 0) is 17.7 Å². The molecule has 0 radical (unpaired) electrons. The molecule has 2 heterocycles. The van der Waals surface area contributed by atoms with Crippen molar-refractivity contribution in [2.75, 3.05) is 6.79 Å². The largest absolute Gasteiger partial charge is 0.454 e. The van der Waals surface area contributed by atoms with Crippen LogP contribution in [0.2, 0.25) is 4.34 Å². The van der Waals surface area contributed by atoms with E-state index in [2.05, 4.69) is 10.3 Å². The molecule has 6 heteroatoms. The van der Waals surface area contributed by atoms with E-state index >= 15 is 0 Å². The summed E-state index contributed by atoms with van der Waals surface area (Å²) in [4.78, 5) is 4.18. The van der Waals surface area contributed by atoms with Crippen LogP contribution < -0.4 is 14.8 Å². The molecule has 0 atom stereocenters. The highest BCUT2D eigenvalue weighted by molar-refractivity contribution is 7.15. The Morgan fingerprint density at radius 1 is 1.28 bits per heavy atom. The van der Waals surface area contributed by atoms with E-state index in [0.29, 0.717) is 13.3 Å². The number of nitrogens with one attached hydrogen (secondary N) is 1. The zero-order chi connectivity index (χ0) is 12.4. The van der Waals surface area contributed by atoms with Gasteiger partial charge in [-0.1, -0.05) is 17.7 Å². The lowest BCUT2D eigenvalue weighted by Crippen LogP contribution is -2.12. The van der Waals surface area contributed by atoms with Crippen LogP contribution in [0, 0.1) is 0 Å². The average Bonchev–Trinajstić information content (AvgIpc) is 2.97. The van der Waals surface area contributed by atoms with Crippen molar-refractivity contribution in [3.63, 3.8) is 0 Å². The van der Waals surface area contributed by atoms with Gasteiger partial charge in [0.25, 0.3) is 0 Å². The highest BCUT2D eigenvalue weighted by atomic mass is 35.5. The van der Waals surface area contributed by atoms with Gasteiger partial charge in [0, 0.05) is 13.1 Å². The number of hydrogen-bond donors (Lipinski definition) is 1. The summed E-state index contributed by atoms with van der Waals surface area (Å²) in [6.07, 6.45) is 1.67. The molecule has 0 amide bonds. The van der Waals surface area contributed by atoms with Crippen LogP contribution in [0.1, 0.15) is 10.6 Å². The summed E-state index contributed by atoms with van der Waals surface area (Å²) >= 11 is 7.31.